The van der Waals surface area contributed by atoms with Gasteiger partial charge in [0.2, 0.25) is 0 Å². The van der Waals surface area contributed by atoms with E-state index in [9.17, 15) is 4.79 Å². The summed E-state index contributed by atoms with van der Waals surface area (Å²) in [6.07, 6.45) is 5.19. The van der Waals surface area contributed by atoms with Crippen LogP contribution in [0.4, 0.5) is 5.69 Å². The van der Waals surface area contributed by atoms with E-state index in [0.29, 0.717) is 17.5 Å². The first-order chi connectivity index (χ1) is 8.13. The van der Waals surface area contributed by atoms with Crippen molar-refractivity contribution in [1.29, 1.82) is 0 Å². The lowest BCUT2D eigenvalue weighted by Gasteiger charge is -2.19. The van der Waals surface area contributed by atoms with Gasteiger partial charge in [-0.2, -0.15) is 5.10 Å². The van der Waals surface area contributed by atoms with Crippen LogP contribution in [0.15, 0.2) is 6.20 Å². The number of nitrogens with zero attached hydrogens (tertiary/aromatic N) is 2. The van der Waals surface area contributed by atoms with E-state index in [1.807, 2.05) is 0 Å². The summed E-state index contributed by atoms with van der Waals surface area (Å²) < 4.78 is 7.23. The first-order valence-electron chi connectivity index (χ1n) is 5.89. The highest BCUT2D eigenvalue weighted by Crippen LogP contribution is 2.34. The van der Waals surface area contributed by atoms with Crippen molar-refractivity contribution in [3.8, 4) is 0 Å². The minimum atomic E-state index is -0.204. The van der Waals surface area contributed by atoms with Crippen LogP contribution in [-0.4, -0.2) is 33.9 Å². The van der Waals surface area contributed by atoms with Crippen LogP contribution in [0.1, 0.15) is 29.8 Å². The van der Waals surface area contributed by atoms with E-state index in [-0.39, 0.29) is 18.1 Å². The van der Waals surface area contributed by atoms with Crippen LogP contribution in [0.3, 0.4) is 0 Å². The summed E-state index contributed by atoms with van der Waals surface area (Å²) in [6.45, 7) is 0. The maximum absolute atomic E-state index is 12.0. The molecule has 6 nitrogen and oxygen atoms in total. The molecule has 92 valence electrons. The number of rotatable bonds is 2. The van der Waals surface area contributed by atoms with Crippen molar-refractivity contribution in [3.63, 3.8) is 0 Å². The average molecular weight is 236 g/mol. The van der Waals surface area contributed by atoms with Crippen LogP contribution >= 0.6 is 0 Å². The molecular weight excluding hydrogens is 220 g/mol. The monoisotopic (exact) mass is 236 g/mol. The fourth-order valence-electron chi connectivity index (χ4n) is 2.71. The number of fused-ring (bicyclic) bond motifs is 2. The predicted octanol–water partition coefficient (Wildman–Crippen LogP) is 0.0520. The smallest absolute Gasteiger partial charge is 0.274 e. The largest absolute Gasteiger partial charge is 0.396 e. The molecule has 0 aliphatic carbocycles. The number of aromatic nitrogens is 2. The van der Waals surface area contributed by atoms with E-state index in [2.05, 4.69) is 10.4 Å². The number of ether oxygens (including phenoxy) is 1. The lowest BCUT2D eigenvalue weighted by Crippen LogP contribution is -2.41. The third kappa shape index (κ3) is 1.78. The van der Waals surface area contributed by atoms with E-state index in [1.165, 1.54) is 0 Å². The Balaban J connectivity index is 1.69. The molecule has 1 amide bonds. The van der Waals surface area contributed by atoms with Crippen LogP contribution in [0, 0.1) is 0 Å². The summed E-state index contributed by atoms with van der Waals surface area (Å²) in [7, 11) is 1.74. The molecule has 0 spiro atoms. The number of carbonyl (C=O) groups excluding carboxylic acids is 1. The number of nitrogen functional groups attached to an aromatic ring is 1. The normalized spacial score (nSPS) is 30.8. The number of carbonyl (C=O) groups is 1. The number of nitrogens with two attached hydrogens (primary N) is 1. The molecule has 0 aromatic carbocycles. The quantitative estimate of drug-likeness (QED) is 0.760. The number of hydrogen-bond acceptors (Lipinski definition) is 4. The lowest BCUT2D eigenvalue weighted by molar-refractivity contribution is 0.0837. The molecule has 2 fully saturated rings. The minimum absolute atomic E-state index is 0.114. The third-order valence-corrected chi connectivity index (χ3v) is 3.49. The first kappa shape index (κ1) is 10.6. The number of amides is 1. The van der Waals surface area contributed by atoms with Crippen molar-refractivity contribution in [2.45, 2.75) is 37.5 Å². The summed E-state index contributed by atoms with van der Waals surface area (Å²) in [5, 5.41) is 7.01. The Morgan fingerprint density at radius 3 is 3.00 bits per heavy atom. The third-order valence-electron chi connectivity index (χ3n) is 3.49. The Morgan fingerprint density at radius 2 is 2.47 bits per heavy atom. The zero-order chi connectivity index (χ0) is 12.0. The molecule has 1 aromatic heterocycles. The average Bonchev–Trinajstić information content (AvgIpc) is 2.93. The highest BCUT2D eigenvalue weighted by atomic mass is 16.5. The molecule has 2 bridgehead atoms. The van der Waals surface area contributed by atoms with E-state index in [4.69, 9.17) is 10.5 Å². The molecule has 3 unspecified atom stereocenters. The molecule has 3 atom stereocenters. The van der Waals surface area contributed by atoms with E-state index < -0.39 is 0 Å². The van der Waals surface area contributed by atoms with Crippen molar-refractivity contribution < 1.29 is 9.53 Å². The van der Waals surface area contributed by atoms with Crippen molar-refractivity contribution in [2.75, 3.05) is 5.73 Å². The SMILES string of the molecule is Cn1cc(N)c(C(=O)NC2CC3CCC2O3)n1. The zero-order valence-corrected chi connectivity index (χ0v) is 9.72. The second-order valence-corrected chi connectivity index (χ2v) is 4.80. The summed E-state index contributed by atoms with van der Waals surface area (Å²) in [4.78, 5) is 12.0. The minimum Gasteiger partial charge on any atom is -0.396 e. The molecule has 17 heavy (non-hydrogen) atoms. The van der Waals surface area contributed by atoms with Crippen LogP contribution < -0.4 is 11.1 Å². The van der Waals surface area contributed by atoms with E-state index in [1.54, 1.807) is 17.9 Å². The second-order valence-electron chi connectivity index (χ2n) is 4.80. The van der Waals surface area contributed by atoms with Gasteiger partial charge in [0.1, 0.15) is 0 Å². The van der Waals surface area contributed by atoms with Crippen molar-refractivity contribution >= 4 is 11.6 Å². The van der Waals surface area contributed by atoms with E-state index in [0.717, 1.165) is 19.3 Å². The number of hydrogen-bond donors (Lipinski definition) is 2. The molecule has 2 aliphatic heterocycles. The van der Waals surface area contributed by atoms with Crippen molar-refractivity contribution in [3.05, 3.63) is 11.9 Å². The van der Waals surface area contributed by atoms with Crippen LogP contribution in [0.5, 0.6) is 0 Å². The van der Waals surface area contributed by atoms with Gasteiger partial charge in [-0.25, -0.2) is 0 Å². The summed E-state index contributed by atoms with van der Waals surface area (Å²) >= 11 is 0. The Hall–Kier alpha value is -1.56. The maximum Gasteiger partial charge on any atom is 0.274 e. The molecule has 3 rings (SSSR count). The summed E-state index contributed by atoms with van der Waals surface area (Å²) in [5.74, 6) is -0.204. The number of anilines is 1. The molecular formula is C11H16N4O2. The van der Waals surface area contributed by atoms with Crippen LogP contribution in [0.25, 0.3) is 0 Å². The highest BCUT2D eigenvalue weighted by molar-refractivity contribution is 5.97. The summed E-state index contributed by atoms with van der Waals surface area (Å²) in [5.41, 5.74) is 6.43. The Kier molecular flexibility index (Phi) is 2.32. The Morgan fingerprint density at radius 1 is 1.65 bits per heavy atom. The predicted molar refractivity (Wildman–Crippen MR) is 61.4 cm³/mol. The Labute approximate surface area is 99.1 Å². The second kappa shape index (κ2) is 3.73. The Bertz CT molecular complexity index is 456. The van der Waals surface area contributed by atoms with Gasteiger partial charge in [0, 0.05) is 13.2 Å². The van der Waals surface area contributed by atoms with Gasteiger partial charge in [-0.3, -0.25) is 9.48 Å². The summed E-state index contributed by atoms with van der Waals surface area (Å²) in [6, 6.07) is 0.114. The van der Waals surface area contributed by atoms with Gasteiger partial charge in [-0.05, 0) is 19.3 Å². The van der Waals surface area contributed by atoms with Gasteiger partial charge in [0.15, 0.2) is 5.69 Å². The molecule has 0 radical (unpaired) electrons. The molecule has 2 saturated heterocycles. The zero-order valence-electron chi connectivity index (χ0n) is 9.72. The molecule has 0 saturated carbocycles. The molecule has 1 aromatic rings. The molecule has 2 aliphatic rings. The number of aryl methyl sites for hydroxylation is 1. The van der Waals surface area contributed by atoms with Gasteiger partial charge in [-0.15, -0.1) is 0 Å². The van der Waals surface area contributed by atoms with Crippen molar-refractivity contribution in [1.82, 2.24) is 15.1 Å². The van der Waals surface area contributed by atoms with Crippen molar-refractivity contribution in [2.24, 2.45) is 7.05 Å². The highest BCUT2D eigenvalue weighted by Gasteiger charge is 2.41. The molecule has 6 heteroatoms. The first-order valence-corrected chi connectivity index (χ1v) is 5.89. The van der Waals surface area contributed by atoms with Gasteiger partial charge in [0.25, 0.3) is 5.91 Å². The molecule has 3 N–H and O–H groups in total. The number of nitrogens with one attached hydrogen (secondary N) is 1. The van der Waals surface area contributed by atoms with Crippen LogP contribution in [0.2, 0.25) is 0 Å². The van der Waals surface area contributed by atoms with E-state index >= 15 is 0 Å². The topological polar surface area (TPSA) is 82.2 Å². The maximum atomic E-state index is 12.0. The standard InChI is InChI=1S/C11H16N4O2/c1-15-5-7(12)10(14-15)11(16)13-8-4-6-2-3-9(8)17-6/h5-6,8-9H,2-4,12H2,1H3,(H,13,16). The fourth-order valence-corrected chi connectivity index (χ4v) is 2.71. The van der Waals surface area contributed by atoms with Gasteiger partial charge >= 0.3 is 0 Å². The van der Waals surface area contributed by atoms with Gasteiger partial charge in [0.05, 0.1) is 23.9 Å². The van der Waals surface area contributed by atoms with Crippen LogP contribution in [-0.2, 0) is 11.8 Å². The van der Waals surface area contributed by atoms with Gasteiger partial charge in [-0.1, -0.05) is 0 Å². The molecule has 3 heterocycles. The fraction of sp³-hybridized carbons (Fsp3) is 0.636. The van der Waals surface area contributed by atoms with Gasteiger partial charge < -0.3 is 15.8 Å². The lowest BCUT2D eigenvalue weighted by atomic mass is 9.95.